The minimum absolute atomic E-state index is 0.322. The Kier molecular flexibility index (Phi) is 3.06. The van der Waals surface area contributed by atoms with Crippen LogP contribution in [0.4, 0.5) is 8.78 Å². The van der Waals surface area contributed by atoms with Crippen LogP contribution in [0.15, 0.2) is 24.3 Å². The van der Waals surface area contributed by atoms with E-state index in [9.17, 15) is 8.78 Å². The molecule has 0 saturated carbocycles. The molecule has 0 spiro atoms. The van der Waals surface area contributed by atoms with Gasteiger partial charge in [-0.3, -0.25) is 0 Å². The van der Waals surface area contributed by atoms with Crippen molar-refractivity contribution in [2.24, 2.45) is 5.73 Å². The molecule has 0 heterocycles. The second kappa shape index (κ2) is 3.92. The lowest BCUT2D eigenvalue weighted by molar-refractivity contribution is -0.00684. The molecule has 0 aromatic heterocycles. The number of nitrogens with two attached hydrogens (primary N) is 1. The maximum absolute atomic E-state index is 12.9. The Labute approximate surface area is 81.7 Å². The van der Waals surface area contributed by atoms with Crippen LogP contribution < -0.4 is 10.5 Å². The molecule has 2 nitrogen and oxygen atoms in total. The highest BCUT2D eigenvalue weighted by molar-refractivity contribution is 5.36. The van der Waals surface area contributed by atoms with Gasteiger partial charge in [-0.25, -0.2) is 8.78 Å². The summed E-state index contributed by atoms with van der Waals surface area (Å²) in [6, 6.07) is 5.19. The van der Waals surface area contributed by atoms with Gasteiger partial charge in [-0.15, -0.1) is 0 Å². The normalized spacial score (nSPS) is 13.8. The molecule has 0 bridgehead atoms. The lowest BCUT2D eigenvalue weighted by Crippen LogP contribution is -2.30. The third-order valence-electron chi connectivity index (χ3n) is 2.02. The summed E-state index contributed by atoms with van der Waals surface area (Å²) >= 11 is 0. The maximum atomic E-state index is 12.9. The number of hydrogen-bond donors (Lipinski definition) is 1. The fourth-order valence-corrected chi connectivity index (χ4v) is 1.20. The van der Waals surface area contributed by atoms with Gasteiger partial charge in [-0.05, 0) is 6.07 Å². The van der Waals surface area contributed by atoms with Crippen LogP contribution in [0.5, 0.6) is 5.75 Å². The maximum Gasteiger partial charge on any atom is 0.264 e. The Morgan fingerprint density at radius 2 is 1.93 bits per heavy atom. The third kappa shape index (κ3) is 2.20. The molecule has 0 aliphatic rings. The molecule has 0 amide bonds. The molecule has 2 N–H and O–H groups in total. The predicted octanol–water partition coefficient (Wildman–Crippen LogP) is 2.35. The van der Waals surface area contributed by atoms with Gasteiger partial charge in [0.25, 0.3) is 5.92 Å². The number of methoxy groups -OCH3 is 1. The van der Waals surface area contributed by atoms with Crippen LogP contribution in [0, 0.1) is 0 Å². The fraction of sp³-hybridized carbons (Fsp3) is 0.400. The standard InChI is InChI=1S/C10H13F2NO/c1-10(11,12)9(13)7-5-3-4-6-8(7)14-2/h3-6,9H,13H2,1-2H3. The monoisotopic (exact) mass is 201 g/mol. The van der Waals surface area contributed by atoms with E-state index in [0.717, 1.165) is 6.92 Å². The van der Waals surface area contributed by atoms with E-state index in [2.05, 4.69) is 0 Å². The van der Waals surface area contributed by atoms with Crippen molar-refractivity contribution in [2.45, 2.75) is 18.9 Å². The second-order valence-electron chi connectivity index (χ2n) is 3.18. The molecule has 78 valence electrons. The van der Waals surface area contributed by atoms with Gasteiger partial charge in [0.05, 0.1) is 13.2 Å². The van der Waals surface area contributed by atoms with Gasteiger partial charge < -0.3 is 10.5 Å². The van der Waals surface area contributed by atoms with Crippen molar-refractivity contribution < 1.29 is 13.5 Å². The first-order valence-electron chi connectivity index (χ1n) is 4.23. The van der Waals surface area contributed by atoms with E-state index in [-0.39, 0.29) is 0 Å². The molecular weight excluding hydrogens is 188 g/mol. The van der Waals surface area contributed by atoms with Crippen molar-refractivity contribution in [1.82, 2.24) is 0 Å². The third-order valence-corrected chi connectivity index (χ3v) is 2.02. The van der Waals surface area contributed by atoms with Gasteiger partial charge in [0.2, 0.25) is 0 Å². The molecule has 1 atom stereocenters. The van der Waals surface area contributed by atoms with Crippen LogP contribution in [-0.4, -0.2) is 13.0 Å². The average molecular weight is 201 g/mol. The Morgan fingerprint density at radius 1 is 1.36 bits per heavy atom. The molecule has 14 heavy (non-hydrogen) atoms. The molecule has 1 aromatic rings. The molecule has 1 rings (SSSR count). The van der Waals surface area contributed by atoms with Crippen molar-refractivity contribution in [3.05, 3.63) is 29.8 Å². The Hall–Kier alpha value is -1.16. The highest BCUT2D eigenvalue weighted by atomic mass is 19.3. The van der Waals surface area contributed by atoms with Crippen molar-refractivity contribution >= 4 is 0 Å². The lowest BCUT2D eigenvalue weighted by Gasteiger charge is -2.21. The van der Waals surface area contributed by atoms with Gasteiger partial charge in [0.1, 0.15) is 5.75 Å². The largest absolute Gasteiger partial charge is 0.496 e. The average Bonchev–Trinajstić information content (AvgIpc) is 2.15. The van der Waals surface area contributed by atoms with E-state index in [1.807, 2.05) is 0 Å². The first-order chi connectivity index (χ1) is 6.46. The van der Waals surface area contributed by atoms with Crippen molar-refractivity contribution in [2.75, 3.05) is 7.11 Å². The smallest absolute Gasteiger partial charge is 0.264 e. The van der Waals surface area contributed by atoms with Crippen molar-refractivity contribution in [3.8, 4) is 5.75 Å². The number of alkyl halides is 2. The van der Waals surface area contributed by atoms with Crippen LogP contribution in [0.1, 0.15) is 18.5 Å². The van der Waals surface area contributed by atoms with Gasteiger partial charge in [0.15, 0.2) is 0 Å². The van der Waals surface area contributed by atoms with Crippen molar-refractivity contribution in [3.63, 3.8) is 0 Å². The Morgan fingerprint density at radius 3 is 2.43 bits per heavy atom. The SMILES string of the molecule is COc1ccccc1C(N)C(C)(F)F. The molecule has 0 aliphatic carbocycles. The number of benzene rings is 1. The van der Waals surface area contributed by atoms with Gasteiger partial charge in [-0.2, -0.15) is 0 Å². The molecule has 1 aromatic carbocycles. The number of halogens is 2. The van der Waals surface area contributed by atoms with Crippen LogP contribution in [0.2, 0.25) is 0 Å². The molecule has 0 saturated heterocycles. The number of para-hydroxylation sites is 1. The summed E-state index contributed by atoms with van der Waals surface area (Å²) < 4.78 is 30.8. The summed E-state index contributed by atoms with van der Waals surface area (Å²) in [4.78, 5) is 0. The zero-order valence-corrected chi connectivity index (χ0v) is 8.13. The topological polar surface area (TPSA) is 35.2 Å². The summed E-state index contributed by atoms with van der Waals surface area (Å²) in [5.74, 6) is -2.56. The Bertz CT molecular complexity index is 309. The molecule has 0 fully saturated rings. The predicted molar refractivity (Wildman–Crippen MR) is 50.5 cm³/mol. The summed E-state index contributed by atoms with van der Waals surface area (Å²) in [6.07, 6.45) is 0. The van der Waals surface area contributed by atoms with E-state index in [4.69, 9.17) is 10.5 Å². The van der Waals surface area contributed by atoms with E-state index in [0.29, 0.717) is 11.3 Å². The zero-order valence-electron chi connectivity index (χ0n) is 8.13. The van der Waals surface area contributed by atoms with E-state index in [1.54, 1.807) is 24.3 Å². The van der Waals surface area contributed by atoms with Crippen molar-refractivity contribution in [1.29, 1.82) is 0 Å². The number of rotatable bonds is 3. The summed E-state index contributed by atoms with van der Waals surface area (Å²) in [5, 5.41) is 0. The first kappa shape index (κ1) is 10.9. The van der Waals surface area contributed by atoms with Gasteiger partial charge >= 0.3 is 0 Å². The second-order valence-corrected chi connectivity index (χ2v) is 3.18. The number of hydrogen-bond acceptors (Lipinski definition) is 2. The van der Waals surface area contributed by atoms with Crippen LogP contribution >= 0.6 is 0 Å². The highest BCUT2D eigenvalue weighted by Crippen LogP contribution is 2.33. The molecule has 4 heteroatoms. The summed E-state index contributed by atoms with van der Waals surface area (Å²) in [5.41, 5.74) is 5.74. The highest BCUT2D eigenvalue weighted by Gasteiger charge is 2.33. The van der Waals surface area contributed by atoms with Crippen LogP contribution in [0.25, 0.3) is 0 Å². The lowest BCUT2D eigenvalue weighted by atomic mass is 10.0. The fourth-order valence-electron chi connectivity index (χ4n) is 1.20. The van der Waals surface area contributed by atoms with Crippen LogP contribution in [-0.2, 0) is 0 Å². The minimum atomic E-state index is -2.95. The first-order valence-corrected chi connectivity index (χ1v) is 4.23. The Balaban J connectivity index is 3.06. The van der Waals surface area contributed by atoms with E-state index >= 15 is 0 Å². The summed E-state index contributed by atoms with van der Waals surface area (Å²) in [7, 11) is 1.43. The molecule has 0 aliphatic heterocycles. The van der Waals surface area contributed by atoms with Crippen LogP contribution in [0.3, 0.4) is 0 Å². The summed E-state index contributed by atoms with van der Waals surface area (Å²) in [6.45, 7) is 0.796. The zero-order chi connectivity index (χ0) is 10.8. The van der Waals surface area contributed by atoms with E-state index < -0.39 is 12.0 Å². The minimum Gasteiger partial charge on any atom is -0.496 e. The van der Waals surface area contributed by atoms with E-state index in [1.165, 1.54) is 7.11 Å². The van der Waals surface area contributed by atoms with Gasteiger partial charge in [-0.1, -0.05) is 18.2 Å². The molecule has 1 unspecified atom stereocenters. The quantitative estimate of drug-likeness (QED) is 0.814. The van der Waals surface area contributed by atoms with Gasteiger partial charge in [0, 0.05) is 12.5 Å². The molecular formula is C10H13F2NO. The molecule has 0 radical (unpaired) electrons. The number of ether oxygens (including phenoxy) is 1.